The van der Waals surface area contributed by atoms with Crippen LogP contribution in [-0.2, 0) is 4.79 Å². The van der Waals surface area contributed by atoms with Gasteiger partial charge in [0.1, 0.15) is 23.0 Å². The first kappa shape index (κ1) is 24.9. The third-order valence-corrected chi connectivity index (χ3v) is 5.74. The van der Waals surface area contributed by atoms with Gasteiger partial charge >= 0.3 is 5.97 Å². The van der Waals surface area contributed by atoms with E-state index in [1.165, 1.54) is 0 Å². The monoisotopic (exact) mass is 482 g/mol. The lowest BCUT2D eigenvalue weighted by Crippen LogP contribution is -1.98. The lowest BCUT2D eigenvalue weighted by atomic mass is 10.0. The Kier molecular flexibility index (Phi) is 8.60. The predicted octanol–water partition coefficient (Wildman–Crippen LogP) is 8.05. The van der Waals surface area contributed by atoms with Gasteiger partial charge in [-0.3, -0.25) is 4.79 Å². The quantitative estimate of drug-likeness (QED) is 0.366. The Hall–Kier alpha value is -4.25. The van der Waals surface area contributed by atoms with Gasteiger partial charge in [-0.05, 0) is 61.8 Å². The number of para-hydroxylation sites is 2. The van der Waals surface area contributed by atoms with Gasteiger partial charge in [-0.15, -0.1) is 0 Å². The molecule has 1 N–H and O–H groups in total. The maximum atomic E-state index is 10.9. The standard InChI is InChI=1S/C31H30O5/c1-23-16-19-26(20-17-24(23)18-21-31(32)33)34-27-12-9-13-28(22-27)36-30-15-8-7-14-29(30)35-25-10-5-3-2-4-6-11-25/h3-10,12-17,20,22H,2,11,18-19,21H2,1H3,(H,32,33)/b5-3?,6-4-,25-10+. The summed E-state index contributed by atoms with van der Waals surface area (Å²) >= 11 is 0. The van der Waals surface area contributed by atoms with Crippen LogP contribution >= 0.6 is 0 Å². The van der Waals surface area contributed by atoms with E-state index in [9.17, 15) is 4.79 Å². The molecule has 2 aliphatic carbocycles. The van der Waals surface area contributed by atoms with Gasteiger partial charge in [0.15, 0.2) is 11.5 Å². The fourth-order valence-corrected chi connectivity index (χ4v) is 3.79. The summed E-state index contributed by atoms with van der Waals surface area (Å²) in [5.74, 6) is 3.37. The molecule has 2 aromatic rings. The Bertz CT molecular complexity index is 1270. The first-order chi connectivity index (χ1) is 17.6. The first-order valence-corrected chi connectivity index (χ1v) is 12.1. The van der Waals surface area contributed by atoms with Gasteiger partial charge in [0.05, 0.1) is 0 Å². The van der Waals surface area contributed by atoms with Crippen molar-refractivity contribution in [1.29, 1.82) is 0 Å². The highest BCUT2D eigenvalue weighted by Crippen LogP contribution is 2.35. The van der Waals surface area contributed by atoms with E-state index in [-0.39, 0.29) is 6.42 Å². The van der Waals surface area contributed by atoms with Crippen LogP contribution < -0.4 is 14.2 Å². The van der Waals surface area contributed by atoms with Crippen molar-refractivity contribution >= 4 is 5.97 Å². The van der Waals surface area contributed by atoms with Crippen LogP contribution in [0.3, 0.4) is 0 Å². The topological polar surface area (TPSA) is 65.0 Å². The summed E-state index contributed by atoms with van der Waals surface area (Å²) in [6.45, 7) is 2.00. The van der Waals surface area contributed by atoms with Crippen LogP contribution in [0.5, 0.6) is 23.0 Å². The molecule has 0 saturated carbocycles. The largest absolute Gasteiger partial charge is 0.481 e. The van der Waals surface area contributed by atoms with Crippen LogP contribution in [-0.4, -0.2) is 11.1 Å². The first-order valence-electron chi connectivity index (χ1n) is 12.1. The Morgan fingerprint density at radius 1 is 0.833 bits per heavy atom. The molecule has 0 unspecified atom stereocenters. The number of carbonyl (C=O) groups is 1. The van der Waals surface area contributed by atoms with E-state index in [1.807, 2.05) is 79.8 Å². The van der Waals surface area contributed by atoms with Crippen molar-refractivity contribution < 1.29 is 24.1 Å². The molecule has 0 radical (unpaired) electrons. The fraction of sp³-hybridized carbons (Fsp3) is 0.194. The summed E-state index contributed by atoms with van der Waals surface area (Å²) < 4.78 is 18.5. The van der Waals surface area contributed by atoms with Crippen molar-refractivity contribution in [3.63, 3.8) is 0 Å². The molecule has 2 aromatic carbocycles. The van der Waals surface area contributed by atoms with Gasteiger partial charge in [0.2, 0.25) is 0 Å². The Labute approximate surface area is 212 Å². The molecule has 0 fully saturated rings. The average molecular weight is 483 g/mol. The maximum Gasteiger partial charge on any atom is 0.303 e. The highest BCUT2D eigenvalue weighted by Gasteiger charge is 2.11. The molecule has 0 heterocycles. The number of allylic oxidation sites excluding steroid dienone is 10. The van der Waals surface area contributed by atoms with E-state index >= 15 is 0 Å². The fourth-order valence-electron chi connectivity index (χ4n) is 3.79. The minimum atomic E-state index is -0.799. The van der Waals surface area contributed by atoms with Crippen LogP contribution in [0.1, 0.15) is 39.0 Å². The molecule has 5 nitrogen and oxygen atoms in total. The second-order valence-corrected chi connectivity index (χ2v) is 8.51. The Morgan fingerprint density at radius 3 is 2.39 bits per heavy atom. The number of benzene rings is 2. The van der Waals surface area contributed by atoms with Crippen LogP contribution in [0.25, 0.3) is 0 Å². The van der Waals surface area contributed by atoms with Gasteiger partial charge < -0.3 is 19.3 Å². The summed E-state index contributed by atoms with van der Waals surface area (Å²) in [4.78, 5) is 10.9. The molecule has 0 atom stereocenters. The van der Waals surface area contributed by atoms with E-state index in [4.69, 9.17) is 19.3 Å². The third kappa shape index (κ3) is 7.37. The van der Waals surface area contributed by atoms with Crippen molar-refractivity contribution in [1.82, 2.24) is 0 Å². The number of hydrogen-bond acceptors (Lipinski definition) is 4. The van der Waals surface area contributed by atoms with Crippen LogP contribution in [0.15, 0.2) is 120 Å². The zero-order chi connectivity index (χ0) is 25.2. The van der Waals surface area contributed by atoms with E-state index in [0.717, 1.165) is 35.5 Å². The van der Waals surface area contributed by atoms with Crippen LogP contribution in [0, 0.1) is 0 Å². The summed E-state index contributed by atoms with van der Waals surface area (Å²) in [5, 5.41) is 8.99. The molecule has 4 rings (SSSR count). The summed E-state index contributed by atoms with van der Waals surface area (Å²) in [6.07, 6.45) is 19.1. The van der Waals surface area contributed by atoms with Crippen molar-refractivity contribution in [2.75, 3.05) is 0 Å². The van der Waals surface area contributed by atoms with Gasteiger partial charge in [0.25, 0.3) is 0 Å². The SMILES string of the molecule is CC1=CCC(Oc2cccc(Oc3ccccc3O/C3=C/C=CC/C=C\C3)c2)=CC=C1CCC(=O)O. The summed E-state index contributed by atoms with van der Waals surface area (Å²) in [6, 6.07) is 15.1. The highest BCUT2D eigenvalue weighted by molar-refractivity contribution is 5.67. The molecule has 0 amide bonds. The normalized spacial score (nSPS) is 17.7. The second-order valence-electron chi connectivity index (χ2n) is 8.51. The van der Waals surface area contributed by atoms with Gasteiger partial charge in [-0.25, -0.2) is 0 Å². The molecule has 0 saturated heterocycles. The number of carboxylic acid groups (broad SMARTS) is 1. The number of carboxylic acids is 1. The van der Waals surface area contributed by atoms with Crippen molar-refractivity contribution in [2.24, 2.45) is 0 Å². The maximum absolute atomic E-state index is 10.9. The minimum Gasteiger partial charge on any atom is -0.481 e. The third-order valence-electron chi connectivity index (χ3n) is 5.74. The molecule has 184 valence electrons. The number of hydrogen-bond donors (Lipinski definition) is 1. The van der Waals surface area contributed by atoms with Crippen molar-refractivity contribution in [3.05, 3.63) is 120 Å². The van der Waals surface area contributed by atoms with Crippen molar-refractivity contribution in [3.8, 4) is 23.0 Å². The highest BCUT2D eigenvalue weighted by atomic mass is 16.5. The van der Waals surface area contributed by atoms with Gasteiger partial charge in [-0.2, -0.15) is 0 Å². The van der Waals surface area contributed by atoms with Crippen LogP contribution in [0.2, 0.25) is 0 Å². The van der Waals surface area contributed by atoms with E-state index in [1.54, 1.807) is 0 Å². The summed E-state index contributed by atoms with van der Waals surface area (Å²) in [5.41, 5.74) is 2.08. The number of aliphatic carboxylic acids is 1. The molecule has 5 heteroatoms. The number of rotatable bonds is 9. The smallest absolute Gasteiger partial charge is 0.303 e. The van der Waals surface area contributed by atoms with E-state index in [2.05, 4.69) is 24.3 Å². The minimum absolute atomic E-state index is 0.107. The zero-order valence-electron chi connectivity index (χ0n) is 20.4. The molecule has 0 aliphatic heterocycles. The lowest BCUT2D eigenvalue weighted by molar-refractivity contribution is -0.136. The molecular formula is C31H30O5. The van der Waals surface area contributed by atoms with Crippen LogP contribution in [0.4, 0.5) is 0 Å². The molecule has 2 aliphatic rings. The molecule has 0 bridgehead atoms. The molecule has 36 heavy (non-hydrogen) atoms. The van der Waals surface area contributed by atoms with Gasteiger partial charge in [-0.1, -0.05) is 60.2 Å². The molecule has 0 aromatic heterocycles. The second kappa shape index (κ2) is 12.5. The van der Waals surface area contributed by atoms with E-state index in [0.29, 0.717) is 35.8 Å². The Balaban J connectivity index is 1.46. The molecular weight excluding hydrogens is 452 g/mol. The summed E-state index contributed by atoms with van der Waals surface area (Å²) in [7, 11) is 0. The lowest BCUT2D eigenvalue weighted by Gasteiger charge is -2.15. The zero-order valence-corrected chi connectivity index (χ0v) is 20.4. The Morgan fingerprint density at radius 2 is 1.58 bits per heavy atom. The van der Waals surface area contributed by atoms with Crippen molar-refractivity contribution in [2.45, 2.75) is 39.0 Å². The number of ether oxygens (including phenoxy) is 3. The predicted molar refractivity (Wildman–Crippen MR) is 141 cm³/mol. The molecule has 0 spiro atoms. The average Bonchev–Trinajstić information content (AvgIpc) is 3.02. The van der Waals surface area contributed by atoms with E-state index < -0.39 is 5.97 Å². The van der Waals surface area contributed by atoms with Gasteiger partial charge in [0, 0.05) is 25.3 Å².